The second-order valence-electron chi connectivity index (χ2n) is 4.28. The first-order valence-corrected chi connectivity index (χ1v) is 6.87. The van der Waals surface area contributed by atoms with Gasteiger partial charge in [-0.25, -0.2) is 0 Å². The van der Waals surface area contributed by atoms with Crippen LogP contribution in [0.3, 0.4) is 0 Å². The van der Waals surface area contributed by atoms with E-state index >= 15 is 0 Å². The number of amides is 2. The number of carbonyl (C=O) groups excluding carboxylic acids is 2. The molecule has 0 aromatic heterocycles. The summed E-state index contributed by atoms with van der Waals surface area (Å²) in [5.41, 5.74) is 8.48. The summed E-state index contributed by atoms with van der Waals surface area (Å²) >= 11 is 3.18. The summed E-state index contributed by atoms with van der Waals surface area (Å²) in [5, 5.41) is 13.0. The van der Waals surface area contributed by atoms with Crippen molar-refractivity contribution in [1.29, 1.82) is 0 Å². The average molecular weight is 355 g/mol. The van der Waals surface area contributed by atoms with E-state index in [2.05, 4.69) is 26.0 Å². The third kappa shape index (κ3) is 2.79. The minimum Gasteiger partial charge on any atom is -0.504 e. The number of ether oxygens (including phenoxy) is 1. The predicted octanol–water partition coefficient (Wildman–Crippen LogP) is 2.48. The lowest BCUT2D eigenvalue weighted by Gasteiger charge is -2.16. The number of carbonyl (C=O) groups is 2. The van der Waals surface area contributed by atoms with E-state index in [9.17, 15) is 14.7 Å². The van der Waals surface area contributed by atoms with Crippen molar-refractivity contribution < 1.29 is 19.4 Å². The maximum Gasteiger partial charge on any atom is 0.261 e. The van der Waals surface area contributed by atoms with E-state index in [1.807, 2.05) is 0 Å². The monoisotopic (exact) mass is 354 g/mol. The van der Waals surface area contributed by atoms with Crippen LogP contribution in [0.25, 0.3) is 10.4 Å². The minimum absolute atomic E-state index is 0.00241. The molecule has 1 aromatic carbocycles. The zero-order chi connectivity index (χ0) is 15.6. The zero-order valence-electron chi connectivity index (χ0n) is 11.0. The molecular weight excluding hydrogens is 344 g/mol. The molecule has 1 aromatic rings. The molecule has 1 saturated heterocycles. The smallest absolute Gasteiger partial charge is 0.261 e. The van der Waals surface area contributed by atoms with Crippen LogP contribution in [0, 0.1) is 0 Å². The van der Waals surface area contributed by atoms with Crippen LogP contribution in [0.4, 0.5) is 5.69 Å². The summed E-state index contributed by atoms with van der Waals surface area (Å²) in [6, 6.07) is 2.37. The molecule has 1 N–H and O–H groups in total. The number of rotatable bonds is 3. The maximum atomic E-state index is 12.4. The number of imide groups is 1. The van der Waals surface area contributed by atoms with Crippen LogP contribution >= 0.6 is 15.9 Å². The van der Waals surface area contributed by atoms with Gasteiger partial charge in [-0.3, -0.25) is 14.5 Å². The van der Waals surface area contributed by atoms with Crippen LogP contribution in [0.5, 0.6) is 11.5 Å². The van der Waals surface area contributed by atoms with Gasteiger partial charge in [0.05, 0.1) is 23.2 Å². The lowest BCUT2D eigenvalue weighted by molar-refractivity contribution is -0.124. The van der Waals surface area contributed by atoms with Gasteiger partial charge in [-0.1, -0.05) is 21.0 Å². The van der Waals surface area contributed by atoms with E-state index in [4.69, 9.17) is 10.3 Å². The Morgan fingerprint density at radius 2 is 2.33 bits per heavy atom. The molecule has 0 saturated carbocycles. The maximum absolute atomic E-state index is 12.4. The highest BCUT2D eigenvalue weighted by atomic mass is 79.9. The fourth-order valence-electron chi connectivity index (χ4n) is 2.02. The largest absolute Gasteiger partial charge is 0.504 e. The van der Waals surface area contributed by atoms with Gasteiger partial charge in [0.1, 0.15) is 0 Å². The van der Waals surface area contributed by atoms with Crippen LogP contribution < -0.4 is 4.74 Å². The Bertz CT molecular complexity index is 657. The van der Waals surface area contributed by atoms with Crippen molar-refractivity contribution in [3.05, 3.63) is 28.1 Å². The van der Waals surface area contributed by atoms with Crippen LogP contribution in [0.1, 0.15) is 16.8 Å². The Hall–Kier alpha value is -2.25. The molecule has 1 aliphatic rings. The third-order valence-electron chi connectivity index (χ3n) is 3.07. The summed E-state index contributed by atoms with van der Waals surface area (Å²) in [6.07, 6.45) is 0.511. The molecule has 1 unspecified atom stereocenters. The van der Waals surface area contributed by atoms with Crippen molar-refractivity contribution in [2.45, 2.75) is 11.2 Å². The SMILES string of the molecule is COc1cc(C(=O)N2CCC(Br)C2=O)c(N=[N+]=[N-])cc1O. The van der Waals surface area contributed by atoms with E-state index in [0.717, 1.165) is 11.0 Å². The number of nitrogens with zero attached hydrogens (tertiary/aromatic N) is 4. The fraction of sp³-hybridized carbons (Fsp3) is 0.333. The minimum atomic E-state index is -0.595. The van der Waals surface area contributed by atoms with Crippen molar-refractivity contribution in [3.8, 4) is 11.5 Å². The molecule has 2 rings (SSSR count). The highest BCUT2D eigenvalue weighted by Gasteiger charge is 2.35. The summed E-state index contributed by atoms with van der Waals surface area (Å²) in [7, 11) is 1.33. The van der Waals surface area contributed by atoms with E-state index < -0.39 is 10.7 Å². The second-order valence-corrected chi connectivity index (χ2v) is 5.39. The zero-order valence-corrected chi connectivity index (χ0v) is 12.6. The average Bonchev–Trinajstić information content (AvgIpc) is 2.79. The fourth-order valence-corrected chi connectivity index (χ4v) is 2.47. The number of aromatic hydroxyl groups is 1. The van der Waals surface area contributed by atoms with E-state index in [0.29, 0.717) is 6.42 Å². The molecule has 21 heavy (non-hydrogen) atoms. The van der Waals surface area contributed by atoms with Gasteiger partial charge in [-0.15, -0.1) is 0 Å². The molecule has 2 amide bonds. The first kappa shape index (κ1) is 15.1. The molecular formula is C12H11BrN4O4. The van der Waals surface area contributed by atoms with Crippen LogP contribution in [0.2, 0.25) is 0 Å². The topological polar surface area (TPSA) is 116 Å². The van der Waals surface area contributed by atoms with E-state index in [-0.39, 0.29) is 35.2 Å². The van der Waals surface area contributed by atoms with E-state index in [1.165, 1.54) is 13.2 Å². The van der Waals surface area contributed by atoms with Crippen molar-refractivity contribution >= 4 is 33.4 Å². The number of alkyl halides is 1. The standard InChI is InChI=1S/C12H11BrN4O4/c1-21-10-4-6(8(15-16-14)5-9(10)18)11(19)17-3-2-7(13)12(17)20/h4-5,7,18H,2-3H2,1H3. The van der Waals surface area contributed by atoms with Crippen LogP contribution in [-0.2, 0) is 4.79 Å². The van der Waals surface area contributed by atoms with Gasteiger partial charge in [-0.05, 0) is 24.1 Å². The van der Waals surface area contributed by atoms with Gasteiger partial charge >= 0.3 is 0 Å². The Labute approximate surface area is 128 Å². The van der Waals surface area contributed by atoms with Gasteiger partial charge in [0, 0.05) is 11.5 Å². The summed E-state index contributed by atoms with van der Waals surface area (Å²) in [6.45, 7) is 0.270. The number of phenolic OH excluding ortho intramolecular Hbond substituents is 1. The molecule has 110 valence electrons. The Morgan fingerprint density at radius 3 is 2.86 bits per heavy atom. The van der Waals surface area contributed by atoms with Crippen molar-refractivity contribution in [1.82, 2.24) is 4.90 Å². The first-order valence-electron chi connectivity index (χ1n) is 5.95. The highest BCUT2D eigenvalue weighted by Crippen LogP contribution is 2.35. The molecule has 1 fully saturated rings. The van der Waals surface area contributed by atoms with Crippen LogP contribution in [0.15, 0.2) is 17.2 Å². The van der Waals surface area contributed by atoms with Gasteiger partial charge in [0.2, 0.25) is 5.91 Å². The highest BCUT2D eigenvalue weighted by molar-refractivity contribution is 9.10. The number of methoxy groups -OCH3 is 1. The normalized spacial score (nSPS) is 17.5. The number of hydrogen-bond acceptors (Lipinski definition) is 5. The Balaban J connectivity index is 2.48. The van der Waals surface area contributed by atoms with Gasteiger partial charge in [-0.2, -0.15) is 0 Å². The number of hydrogen-bond donors (Lipinski definition) is 1. The lowest BCUT2D eigenvalue weighted by Crippen LogP contribution is -2.34. The predicted molar refractivity (Wildman–Crippen MR) is 76.8 cm³/mol. The second kappa shape index (κ2) is 6.02. The first-order chi connectivity index (χ1) is 9.99. The van der Waals surface area contributed by atoms with Crippen molar-refractivity contribution in [2.24, 2.45) is 5.11 Å². The molecule has 0 aliphatic carbocycles. The number of phenols is 1. The van der Waals surface area contributed by atoms with Crippen molar-refractivity contribution in [2.75, 3.05) is 13.7 Å². The molecule has 0 spiro atoms. The Morgan fingerprint density at radius 1 is 1.62 bits per heavy atom. The summed E-state index contributed by atoms with van der Waals surface area (Å²) in [5.74, 6) is -1.15. The summed E-state index contributed by atoms with van der Waals surface area (Å²) < 4.78 is 4.93. The van der Waals surface area contributed by atoms with E-state index in [1.54, 1.807) is 0 Å². The van der Waals surface area contributed by atoms with Gasteiger partial charge < -0.3 is 9.84 Å². The third-order valence-corrected chi connectivity index (χ3v) is 3.91. The quantitative estimate of drug-likeness (QED) is 0.295. The summed E-state index contributed by atoms with van der Waals surface area (Å²) in [4.78, 5) is 27.6. The number of azide groups is 1. The molecule has 1 heterocycles. The number of benzene rings is 1. The molecule has 9 heteroatoms. The van der Waals surface area contributed by atoms with Gasteiger partial charge in [0.15, 0.2) is 11.5 Å². The molecule has 1 atom stereocenters. The lowest BCUT2D eigenvalue weighted by atomic mass is 10.1. The molecule has 0 bridgehead atoms. The number of halogens is 1. The van der Waals surface area contributed by atoms with Crippen molar-refractivity contribution in [3.63, 3.8) is 0 Å². The van der Waals surface area contributed by atoms with Crippen LogP contribution in [-0.4, -0.2) is 40.3 Å². The Kier molecular flexibility index (Phi) is 4.35. The molecule has 0 radical (unpaired) electrons. The molecule has 1 aliphatic heterocycles. The molecule has 8 nitrogen and oxygen atoms in total. The van der Waals surface area contributed by atoms with Gasteiger partial charge in [0.25, 0.3) is 5.91 Å². The number of likely N-dealkylation sites (tertiary alicyclic amines) is 1.